The topological polar surface area (TPSA) is 74.6 Å². The van der Waals surface area contributed by atoms with E-state index in [1.165, 1.54) is 11.5 Å². The highest BCUT2D eigenvalue weighted by Gasteiger charge is 2.34. The number of pyridine rings is 1. The third-order valence-corrected chi connectivity index (χ3v) is 5.98. The first-order valence-electron chi connectivity index (χ1n) is 11.5. The Bertz CT molecular complexity index is 1370. The molecule has 2 heterocycles. The Morgan fingerprint density at radius 1 is 1.09 bits per heavy atom. The quantitative estimate of drug-likeness (QED) is 0.520. The number of carbonyl (C=O) groups is 2. The van der Waals surface area contributed by atoms with Crippen LogP contribution in [0.2, 0.25) is 0 Å². The summed E-state index contributed by atoms with van der Waals surface area (Å²) in [4.78, 5) is 39.1. The van der Waals surface area contributed by atoms with E-state index < -0.39 is 17.3 Å². The fourth-order valence-corrected chi connectivity index (χ4v) is 4.59. The SMILES string of the molecule is CC(=O)C(OC(C)(C)C)c1c(-c2ccc3c(c2)C(=O)CC(C)(C)O3)c2ccccc2c(=O)n1C. The number of benzene rings is 2. The zero-order valence-electron chi connectivity index (χ0n) is 20.8. The predicted octanol–water partition coefficient (Wildman–Crippen LogP) is 5.39. The summed E-state index contributed by atoms with van der Waals surface area (Å²) in [7, 11) is 1.66. The van der Waals surface area contributed by atoms with Gasteiger partial charge in [-0.05, 0) is 70.7 Å². The van der Waals surface area contributed by atoms with E-state index in [0.717, 1.165) is 5.56 Å². The normalized spacial score (nSPS) is 16.1. The minimum absolute atomic E-state index is 0.00200. The van der Waals surface area contributed by atoms with Gasteiger partial charge in [-0.25, -0.2) is 0 Å². The molecule has 4 rings (SSSR count). The molecule has 0 saturated carbocycles. The van der Waals surface area contributed by atoms with Gasteiger partial charge in [0.2, 0.25) is 0 Å². The molecule has 1 unspecified atom stereocenters. The molecule has 0 bridgehead atoms. The van der Waals surface area contributed by atoms with Crippen molar-refractivity contribution in [2.75, 3.05) is 0 Å². The maximum absolute atomic E-state index is 13.3. The molecule has 1 aliphatic heterocycles. The van der Waals surface area contributed by atoms with E-state index in [-0.39, 0.29) is 23.5 Å². The van der Waals surface area contributed by atoms with Crippen LogP contribution in [0.4, 0.5) is 0 Å². The van der Waals surface area contributed by atoms with Crippen LogP contribution in [0.15, 0.2) is 47.3 Å². The lowest BCUT2D eigenvalue weighted by atomic mass is 9.88. The molecule has 0 N–H and O–H groups in total. The van der Waals surface area contributed by atoms with Crippen LogP contribution in [0.5, 0.6) is 5.75 Å². The number of fused-ring (bicyclic) bond motifs is 2. The predicted molar refractivity (Wildman–Crippen MR) is 133 cm³/mol. The van der Waals surface area contributed by atoms with Gasteiger partial charge in [-0.15, -0.1) is 0 Å². The van der Waals surface area contributed by atoms with Crippen molar-refractivity contribution >= 4 is 22.3 Å². The highest BCUT2D eigenvalue weighted by molar-refractivity contribution is 6.04. The molecule has 6 nitrogen and oxygen atoms in total. The minimum Gasteiger partial charge on any atom is -0.487 e. The summed E-state index contributed by atoms with van der Waals surface area (Å²) in [5.74, 6) is 0.327. The molecular formula is C28H31NO5. The second-order valence-electron chi connectivity index (χ2n) is 10.6. The molecule has 0 saturated heterocycles. The van der Waals surface area contributed by atoms with Crippen LogP contribution in [-0.4, -0.2) is 27.3 Å². The zero-order valence-corrected chi connectivity index (χ0v) is 20.8. The fourth-order valence-electron chi connectivity index (χ4n) is 4.59. The molecule has 0 fully saturated rings. The monoisotopic (exact) mass is 461 g/mol. The van der Waals surface area contributed by atoms with Gasteiger partial charge in [-0.2, -0.15) is 0 Å². The summed E-state index contributed by atoms with van der Waals surface area (Å²) in [6.07, 6.45) is -0.688. The van der Waals surface area contributed by atoms with E-state index in [4.69, 9.17) is 9.47 Å². The maximum Gasteiger partial charge on any atom is 0.258 e. The van der Waals surface area contributed by atoms with E-state index in [2.05, 4.69) is 0 Å². The molecule has 0 radical (unpaired) electrons. The number of hydrogen-bond donors (Lipinski definition) is 0. The van der Waals surface area contributed by atoms with Crippen LogP contribution >= 0.6 is 0 Å². The molecule has 0 amide bonds. The van der Waals surface area contributed by atoms with Crippen molar-refractivity contribution in [1.82, 2.24) is 4.57 Å². The van der Waals surface area contributed by atoms with Gasteiger partial charge < -0.3 is 14.0 Å². The highest BCUT2D eigenvalue weighted by Crippen LogP contribution is 2.40. The van der Waals surface area contributed by atoms with Crippen LogP contribution in [-0.2, 0) is 16.6 Å². The van der Waals surface area contributed by atoms with E-state index in [0.29, 0.717) is 33.3 Å². The Kier molecular flexibility index (Phi) is 5.76. The summed E-state index contributed by atoms with van der Waals surface area (Å²) >= 11 is 0. The standard InChI is InChI=1S/C28H31NO5/c1-16(30)25(34-27(2,3)4)24-23(18-10-8-9-11-19(18)26(32)29(24)7)17-12-13-22-20(14-17)21(31)15-28(5,6)33-22/h8-14,25H,15H2,1-7H3. The average Bonchev–Trinajstić information content (AvgIpc) is 2.73. The highest BCUT2D eigenvalue weighted by atomic mass is 16.5. The van der Waals surface area contributed by atoms with Gasteiger partial charge in [0.1, 0.15) is 11.4 Å². The number of aromatic nitrogens is 1. The lowest BCUT2D eigenvalue weighted by Crippen LogP contribution is -2.35. The number of carbonyl (C=O) groups excluding carboxylic acids is 2. The Hall–Kier alpha value is -3.25. The molecule has 6 heteroatoms. The maximum atomic E-state index is 13.3. The van der Waals surface area contributed by atoms with Gasteiger partial charge in [0.05, 0.1) is 23.3 Å². The minimum atomic E-state index is -0.959. The van der Waals surface area contributed by atoms with E-state index in [9.17, 15) is 14.4 Å². The number of hydrogen-bond acceptors (Lipinski definition) is 5. The molecule has 1 atom stereocenters. The number of nitrogens with zero attached hydrogens (tertiary/aromatic N) is 1. The van der Waals surface area contributed by atoms with Gasteiger partial charge in [0, 0.05) is 18.0 Å². The second kappa shape index (κ2) is 8.20. The molecule has 1 aromatic heterocycles. The molecule has 178 valence electrons. The fraction of sp³-hybridized carbons (Fsp3) is 0.393. The molecule has 0 aliphatic carbocycles. The third kappa shape index (κ3) is 4.30. The van der Waals surface area contributed by atoms with Gasteiger partial charge in [0.15, 0.2) is 17.7 Å². The van der Waals surface area contributed by atoms with Crippen LogP contribution < -0.4 is 10.3 Å². The smallest absolute Gasteiger partial charge is 0.258 e. The summed E-state index contributed by atoms with van der Waals surface area (Å²) in [6, 6.07) is 12.8. The third-order valence-electron chi connectivity index (χ3n) is 5.98. The molecule has 3 aromatic rings. The van der Waals surface area contributed by atoms with Crippen LogP contribution in [0.1, 0.15) is 70.1 Å². The number of Topliss-reactive ketones (excluding diaryl/α,β-unsaturated/α-hetero) is 2. The average molecular weight is 462 g/mol. The summed E-state index contributed by atoms with van der Waals surface area (Å²) in [5, 5.41) is 1.23. The zero-order chi connectivity index (χ0) is 25.0. The molecule has 34 heavy (non-hydrogen) atoms. The van der Waals surface area contributed by atoms with Crippen molar-refractivity contribution in [2.45, 2.75) is 65.3 Å². The first-order chi connectivity index (χ1) is 15.8. The van der Waals surface area contributed by atoms with Crippen molar-refractivity contribution < 1.29 is 19.1 Å². The Balaban J connectivity index is 2.07. The molecule has 0 spiro atoms. The number of ketones is 2. The summed E-state index contributed by atoms with van der Waals surface area (Å²) in [5.41, 5.74) is 0.981. The van der Waals surface area contributed by atoms with Gasteiger partial charge in [-0.1, -0.05) is 24.3 Å². The van der Waals surface area contributed by atoms with Gasteiger partial charge in [-0.3, -0.25) is 14.4 Å². The first kappa shape index (κ1) is 23.9. The van der Waals surface area contributed by atoms with Gasteiger partial charge in [0.25, 0.3) is 5.56 Å². The lowest BCUT2D eigenvalue weighted by molar-refractivity contribution is -0.139. The molecular weight excluding hydrogens is 430 g/mol. The summed E-state index contributed by atoms with van der Waals surface area (Å²) in [6.45, 7) is 10.9. The largest absolute Gasteiger partial charge is 0.487 e. The number of ether oxygens (including phenoxy) is 2. The van der Waals surface area contributed by atoms with Gasteiger partial charge >= 0.3 is 0 Å². The van der Waals surface area contributed by atoms with Crippen molar-refractivity contribution in [3.8, 4) is 16.9 Å². The van der Waals surface area contributed by atoms with Crippen LogP contribution in [0, 0.1) is 0 Å². The van der Waals surface area contributed by atoms with Crippen molar-refractivity contribution in [2.24, 2.45) is 7.05 Å². The van der Waals surface area contributed by atoms with Crippen LogP contribution in [0.25, 0.3) is 21.9 Å². The Labute approximate surface area is 199 Å². The van der Waals surface area contributed by atoms with E-state index >= 15 is 0 Å². The first-order valence-corrected chi connectivity index (χ1v) is 11.5. The lowest BCUT2D eigenvalue weighted by Gasteiger charge is -2.32. The second-order valence-corrected chi connectivity index (χ2v) is 10.6. The van der Waals surface area contributed by atoms with Crippen molar-refractivity contribution in [3.05, 3.63) is 64.1 Å². The Morgan fingerprint density at radius 2 is 1.74 bits per heavy atom. The van der Waals surface area contributed by atoms with E-state index in [1.807, 2.05) is 58.9 Å². The molecule has 2 aromatic carbocycles. The summed E-state index contributed by atoms with van der Waals surface area (Å²) < 4.78 is 13.7. The molecule has 1 aliphatic rings. The number of rotatable bonds is 4. The Morgan fingerprint density at radius 3 is 2.35 bits per heavy atom. The van der Waals surface area contributed by atoms with Crippen LogP contribution in [0.3, 0.4) is 0 Å². The van der Waals surface area contributed by atoms with E-state index in [1.54, 1.807) is 25.2 Å². The van der Waals surface area contributed by atoms with Crippen molar-refractivity contribution in [1.29, 1.82) is 0 Å². The van der Waals surface area contributed by atoms with Crippen molar-refractivity contribution in [3.63, 3.8) is 0 Å².